The molecule has 22 heavy (non-hydrogen) atoms. The molecule has 1 aromatic rings. The van der Waals surface area contributed by atoms with Gasteiger partial charge in [-0.05, 0) is 31.1 Å². The number of aromatic amines is 1. The molecule has 5 heteroatoms. The van der Waals surface area contributed by atoms with E-state index in [9.17, 15) is 4.79 Å². The summed E-state index contributed by atoms with van der Waals surface area (Å²) >= 11 is 0. The maximum absolute atomic E-state index is 12.3. The zero-order chi connectivity index (χ0) is 15.9. The summed E-state index contributed by atoms with van der Waals surface area (Å²) in [4.78, 5) is 24.4. The number of anilines is 1. The van der Waals surface area contributed by atoms with E-state index in [0.717, 1.165) is 37.2 Å². The lowest BCUT2D eigenvalue weighted by Crippen LogP contribution is -2.36. The Bertz CT molecular complexity index is 605. The van der Waals surface area contributed by atoms with Crippen LogP contribution in [-0.4, -0.2) is 48.1 Å². The Hall–Kier alpha value is -1.36. The molecule has 1 aliphatic heterocycles. The van der Waals surface area contributed by atoms with Crippen LogP contribution in [0, 0.1) is 5.41 Å². The molecule has 0 bridgehead atoms. The van der Waals surface area contributed by atoms with E-state index >= 15 is 0 Å². The second-order valence-electron chi connectivity index (χ2n) is 7.81. The number of hydrogen-bond donors (Lipinski definition) is 1. The first-order valence-corrected chi connectivity index (χ1v) is 8.39. The van der Waals surface area contributed by atoms with E-state index in [1.54, 1.807) is 0 Å². The molecule has 2 aliphatic rings. The number of aromatic nitrogens is 2. The number of nitrogens with one attached hydrogen (secondary N) is 1. The standard InChI is InChI=1S/C17H28N4O/c1-17(2)8-5-12(11-17)21-9-6-13-14(7-10-21)18-16(20(3)4)19-15(13)22/h12H,5-11H2,1-4H3,(H,18,19,22). The smallest absolute Gasteiger partial charge is 0.255 e. The second-order valence-corrected chi connectivity index (χ2v) is 7.81. The third-order valence-corrected chi connectivity index (χ3v) is 5.26. The first kappa shape index (κ1) is 15.5. The van der Waals surface area contributed by atoms with Crippen LogP contribution in [0.1, 0.15) is 44.4 Å². The Morgan fingerprint density at radius 2 is 2.00 bits per heavy atom. The number of fused-ring (bicyclic) bond motifs is 1. The van der Waals surface area contributed by atoms with Gasteiger partial charge in [0.15, 0.2) is 0 Å². The van der Waals surface area contributed by atoms with Crippen LogP contribution < -0.4 is 10.5 Å². The van der Waals surface area contributed by atoms with Gasteiger partial charge in [-0.1, -0.05) is 13.8 Å². The molecule has 0 spiro atoms. The van der Waals surface area contributed by atoms with Crippen molar-refractivity contribution in [1.82, 2.24) is 14.9 Å². The third-order valence-electron chi connectivity index (χ3n) is 5.26. The van der Waals surface area contributed by atoms with Gasteiger partial charge in [-0.25, -0.2) is 4.98 Å². The van der Waals surface area contributed by atoms with Crippen molar-refractivity contribution in [1.29, 1.82) is 0 Å². The van der Waals surface area contributed by atoms with Gasteiger partial charge in [0.1, 0.15) is 0 Å². The van der Waals surface area contributed by atoms with Crippen molar-refractivity contribution in [2.24, 2.45) is 5.41 Å². The molecule has 1 fully saturated rings. The Balaban J connectivity index is 1.78. The quantitative estimate of drug-likeness (QED) is 0.905. The summed E-state index contributed by atoms with van der Waals surface area (Å²) in [5.41, 5.74) is 2.40. The fourth-order valence-corrected chi connectivity index (χ4v) is 3.90. The maximum Gasteiger partial charge on any atom is 0.255 e. The number of H-pyrrole nitrogens is 1. The van der Waals surface area contributed by atoms with Gasteiger partial charge in [-0.2, -0.15) is 0 Å². The maximum atomic E-state index is 12.3. The average molecular weight is 304 g/mol. The molecule has 1 atom stereocenters. The Morgan fingerprint density at radius 3 is 2.64 bits per heavy atom. The molecule has 1 saturated carbocycles. The van der Waals surface area contributed by atoms with Crippen molar-refractivity contribution in [3.05, 3.63) is 21.6 Å². The van der Waals surface area contributed by atoms with Gasteiger partial charge in [0, 0.05) is 45.2 Å². The minimum Gasteiger partial charge on any atom is -0.348 e. The van der Waals surface area contributed by atoms with E-state index in [1.165, 1.54) is 19.3 Å². The Morgan fingerprint density at radius 1 is 1.27 bits per heavy atom. The zero-order valence-electron chi connectivity index (χ0n) is 14.3. The minimum absolute atomic E-state index is 0.0438. The van der Waals surface area contributed by atoms with Crippen LogP contribution in [0.5, 0.6) is 0 Å². The molecule has 2 heterocycles. The van der Waals surface area contributed by atoms with Gasteiger partial charge in [0.2, 0.25) is 5.95 Å². The fourth-order valence-electron chi connectivity index (χ4n) is 3.90. The predicted molar refractivity (Wildman–Crippen MR) is 89.6 cm³/mol. The van der Waals surface area contributed by atoms with Crippen LogP contribution in [0.2, 0.25) is 0 Å². The lowest BCUT2D eigenvalue weighted by molar-refractivity contribution is 0.194. The van der Waals surface area contributed by atoms with Crippen LogP contribution in [0.25, 0.3) is 0 Å². The SMILES string of the molecule is CN(C)c1nc2c(c(=O)[nH]1)CCN(C1CCC(C)(C)C1)CC2. The van der Waals surface area contributed by atoms with Crippen molar-refractivity contribution in [3.8, 4) is 0 Å². The summed E-state index contributed by atoms with van der Waals surface area (Å²) in [7, 11) is 3.82. The van der Waals surface area contributed by atoms with Crippen molar-refractivity contribution in [3.63, 3.8) is 0 Å². The molecule has 3 rings (SSSR count). The molecule has 0 aromatic carbocycles. The molecule has 1 aromatic heterocycles. The van der Waals surface area contributed by atoms with Crippen LogP contribution in [0.4, 0.5) is 5.95 Å². The van der Waals surface area contributed by atoms with Gasteiger partial charge >= 0.3 is 0 Å². The zero-order valence-corrected chi connectivity index (χ0v) is 14.3. The first-order chi connectivity index (χ1) is 10.4. The molecule has 0 radical (unpaired) electrons. The molecular formula is C17H28N4O. The topological polar surface area (TPSA) is 52.2 Å². The molecule has 1 aliphatic carbocycles. The average Bonchev–Trinajstić information content (AvgIpc) is 2.68. The van der Waals surface area contributed by atoms with E-state index in [2.05, 4.69) is 28.7 Å². The van der Waals surface area contributed by atoms with Crippen LogP contribution >= 0.6 is 0 Å². The van der Waals surface area contributed by atoms with Crippen molar-refractivity contribution >= 4 is 5.95 Å². The highest BCUT2D eigenvalue weighted by molar-refractivity contribution is 5.32. The van der Waals surface area contributed by atoms with E-state index in [4.69, 9.17) is 0 Å². The van der Waals surface area contributed by atoms with E-state index in [1.807, 2.05) is 19.0 Å². The summed E-state index contributed by atoms with van der Waals surface area (Å²) in [6.07, 6.45) is 5.58. The molecule has 5 nitrogen and oxygen atoms in total. The molecule has 1 N–H and O–H groups in total. The van der Waals surface area contributed by atoms with Gasteiger partial charge in [-0.3, -0.25) is 14.7 Å². The summed E-state index contributed by atoms with van der Waals surface area (Å²) in [6, 6.07) is 0.678. The van der Waals surface area contributed by atoms with Crippen molar-refractivity contribution < 1.29 is 0 Å². The third kappa shape index (κ3) is 3.05. The molecule has 0 amide bonds. The number of nitrogens with zero attached hydrogens (tertiary/aromatic N) is 3. The monoisotopic (exact) mass is 304 g/mol. The summed E-state index contributed by atoms with van der Waals surface area (Å²) in [6.45, 7) is 6.75. The summed E-state index contributed by atoms with van der Waals surface area (Å²) in [5.74, 6) is 0.666. The minimum atomic E-state index is 0.0438. The molecular weight excluding hydrogens is 276 g/mol. The van der Waals surface area contributed by atoms with Crippen molar-refractivity contribution in [2.45, 2.75) is 52.0 Å². The first-order valence-electron chi connectivity index (χ1n) is 8.39. The molecule has 1 unspecified atom stereocenters. The molecule has 122 valence electrons. The van der Waals surface area contributed by atoms with E-state index < -0.39 is 0 Å². The van der Waals surface area contributed by atoms with E-state index in [-0.39, 0.29) is 5.56 Å². The van der Waals surface area contributed by atoms with Gasteiger partial charge in [0.05, 0.1) is 5.69 Å². The van der Waals surface area contributed by atoms with Gasteiger partial charge in [-0.15, -0.1) is 0 Å². The predicted octanol–water partition coefficient (Wildman–Crippen LogP) is 1.82. The lowest BCUT2D eigenvalue weighted by Gasteiger charge is -2.28. The van der Waals surface area contributed by atoms with Crippen LogP contribution in [-0.2, 0) is 12.8 Å². The Labute approximate surface area is 132 Å². The van der Waals surface area contributed by atoms with Gasteiger partial charge < -0.3 is 4.90 Å². The van der Waals surface area contributed by atoms with Gasteiger partial charge in [0.25, 0.3) is 5.56 Å². The molecule has 0 saturated heterocycles. The highest BCUT2D eigenvalue weighted by atomic mass is 16.1. The lowest BCUT2D eigenvalue weighted by atomic mass is 9.91. The van der Waals surface area contributed by atoms with E-state index in [0.29, 0.717) is 17.4 Å². The fraction of sp³-hybridized carbons (Fsp3) is 0.765. The highest BCUT2D eigenvalue weighted by Crippen LogP contribution is 2.39. The largest absolute Gasteiger partial charge is 0.348 e. The summed E-state index contributed by atoms with van der Waals surface area (Å²) < 4.78 is 0. The number of hydrogen-bond acceptors (Lipinski definition) is 4. The normalized spacial score (nSPS) is 24.8. The second kappa shape index (κ2) is 5.69. The highest BCUT2D eigenvalue weighted by Gasteiger charge is 2.35. The number of rotatable bonds is 2. The van der Waals surface area contributed by atoms with Crippen LogP contribution in [0.15, 0.2) is 4.79 Å². The van der Waals surface area contributed by atoms with Crippen LogP contribution in [0.3, 0.4) is 0 Å². The Kier molecular flexibility index (Phi) is 4.02. The summed E-state index contributed by atoms with van der Waals surface area (Å²) in [5, 5.41) is 0. The van der Waals surface area contributed by atoms with Crippen molar-refractivity contribution in [2.75, 3.05) is 32.1 Å².